The zero-order valence-electron chi connectivity index (χ0n) is 8.99. The Balaban J connectivity index is 2.50. The fourth-order valence-corrected chi connectivity index (χ4v) is 1.58. The number of nitrogen functional groups attached to an aromatic ring is 1. The van der Waals surface area contributed by atoms with Gasteiger partial charge in [0.05, 0.1) is 0 Å². The molecule has 15 heavy (non-hydrogen) atoms. The van der Waals surface area contributed by atoms with Gasteiger partial charge >= 0.3 is 0 Å². The monoisotopic (exact) mass is 198 g/mol. The van der Waals surface area contributed by atoms with Gasteiger partial charge in [-0.1, -0.05) is 6.07 Å². The fraction of sp³-hybridized carbons (Fsp3) is 0.154. The van der Waals surface area contributed by atoms with Gasteiger partial charge in [0, 0.05) is 17.6 Å². The normalized spacial score (nSPS) is 10.3. The van der Waals surface area contributed by atoms with Crippen LogP contribution in [0.25, 0.3) is 11.1 Å². The zero-order valence-corrected chi connectivity index (χ0v) is 8.99. The first-order valence-electron chi connectivity index (χ1n) is 4.96. The predicted molar refractivity (Wildman–Crippen MR) is 63.6 cm³/mol. The average molecular weight is 198 g/mol. The van der Waals surface area contributed by atoms with Crippen LogP contribution in [0.2, 0.25) is 0 Å². The molecule has 0 fully saturated rings. The lowest BCUT2D eigenvalue weighted by atomic mass is 10.0. The van der Waals surface area contributed by atoms with Gasteiger partial charge in [0.2, 0.25) is 0 Å². The van der Waals surface area contributed by atoms with Crippen molar-refractivity contribution in [2.24, 2.45) is 0 Å². The first-order chi connectivity index (χ1) is 7.16. The van der Waals surface area contributed by atoms with Gasteiger partial charge in [0.1, 0.15) is 0 Å². The summed E-state index contributed by atoms with van der Waals surface area (Å²) in [6.45, 7) is 4.01. The Labute approximate surface area is 89.8 Å². The zero-order chi connectivity index (χ0) is 10.8. The van der Waals surface area contributed by atoms with Crippen LogP contribution in [0.3, 0.4) is 0 Å². The van der Waals surface area contributed by atoms with Crippen LogP contribution in [0.5, 0.6) is 0 Å². The maximum absolute atomic E-state index is 5.78. The standard InChI is InChI=1S/C13H14N2/c1-9-7-11(3-4-13(9)14)12-5-6-15-10(2)8-12/h3-8H,14H2,1-2H3. The molecule has 2 aromatic rings. The molecule has 0 saturated heterocycles. The molecule has 2 nitrogen and oxygen atoms in total. The Morgan fingerprint density at radius 2 is 1.73 bits per heavy atom. The van der Waals surface area contributed by atoms with E-state index in [0.29, 0.717) is 0 Å². The van der Waals surface area contributed by atoms with Crippen LogP contribution in [0.4, 0.5) is 5.69 Å². The largest absolute Gasteiger partial charge is 0.399 e. The van der Waals surface area contributed by atoms with E-state index in [-0.39, 0.29) is 0 Å². The number of hydrogen-bond donors (Lipinski definition) is 1. The number of nitrogens with zero attached hydrogens (tertiary/aromatic N) is 1. The van der Waals surface area contributed by atoms with Crippen molar-refractivity contribution in [1.82, 2.24) is 4.98 Å². The molecule has 0 atom stereocenters. The molecule has 0 saturated carbocycles. The van der Waals surface area contributed by atoms with Crippen molar-refractivity contribution in [3.63, 3.8) is 0 Å². The summed E-state index contributed by atoms with van der Waals surface area (Å²) in [7, 11) is 0. The molecule has 1 heterocycles. The molecule has 0 spiro atoms. The molecular weight excluding hydrogens is 184 g/mol. The van der Waals surface area contributed by atoms with E-state index in [9.17, 15) is 0 Å². The maximum Gasteiger partial charge on any atom is 0.0378 e. The molecule has 0 bridgehead atoms. The first kappa shape index (κ1) is 9.71. The molecule has 2 rings (SSSR count). The number of benzene rings is 1. The molecular formula is C13H14N2. The first-order valence-corrected chi connectivity index (χ1v) is 4.96. The van der Waals surface area contributed by atoms with Crippen molar-refractivity contribution in [1.29, 1.82) is 0 Å². The highest BCUT2D eigenvalue weighted by Gasteiger charge is 2.00. The minimum Gasteiger partial charge on any atom is -0.399 e. The summed E-state index contributed by atoms with van der Waals surface area (Å²) < 4.78 is 0. The fourth-order valence-electron chi connectivity index (χ4n) is 1.58. The average Bonchev–Trinajstić information content (AvgIpc) is 2.22. The minimum atomic E-state index is 0.838. The highest BCUT2D eigenvalue weighted by Crippen LogP contribution is 2.23. The molecule has 0 unspecified atom stereocenters. The summed E-state index contributed by atoms with van der Waals surface area (Å²) in [5.74, 6) is 0. The molecule has 0 aliphatic rings. The van der Waals surface area contributed by atoms with Crippen molar-refractivity contribution in [2.75, 3.05) is 5.73 Å². The van der Waals surface area contributed by atoms with E-state index in [1.165, 1.54) is 11.1 Å². The van der Waals surface area contributed by atoms with Gasteiger partial charge in [-0.3, -0.25) is 4.98 Å². The van der Waals surface area contributed by atoms with Crippen molar-refractivity contribution in [3.8, 4) is 11.1 Å². The van der Waals surface area contributed by atoms with Gasteiger partial charge in [-0.2, -0.15) is 0 Å². The van der Waals surface area contributed by atoms with Gasteiger partial charge in [-0.15, -0.1) is 0 Å². The van der Waals surface area contributed by atoms with E-state index in [4.69, 9.17) is 5.73 Å². The third-order valence-corrected chi connectivity index (χ3v) is 2.50. The summed E-state index contributed by atoms with van der Waals surface area (Å²) in [5, 5.41) is 0. The number of pyridine rings is 1. The van der Waals surface area contributed by atoms with Gasteiger partial charge < -0.3 is 5.73 Å². The third kappa shape index (κ3) is 1.99. The predicted octanol–water partition coefficient (Wildman–Crippen LogP) is 2.95. The lowest BCUT2D eigenvalue weighted by Crippen LogP contribution is -1.90. The van der Waals surface area contributed by atoms with Crippen LogP contribution in [-0.4, -0.2) is 4.98 Å². The Hall–Kier alpha value is -1.83. The van der Waals surface area contributed by atoms with Crippen molar-refractivity contribution >= 4 is 5.69 Å². The number of hydrogen-bond acceptors (Lipinski definition) is 2. The third-order valence-electron chi connectivity index (χ3n) is 2.50. The van der Waals surface area contributed by atoms with Crippen molar-refractivity contribution < 1.29 is 0 Å². The van der Waals surface area contributed by atoms with Crippen LogP contribution < -0.4 is 5.73 Å². The van der Waals surface area contributed by atoms with Crippen molar-refractivity contribution in [3.05, 3.63) is 47.8 Å². The van der Waals surface area contributed by atoms with Gasteiger partial charge in [0.15, 0.2) is 0 Å². The number of anilines is 1. The molecule has 76 valence electrons. The van der Waals surface area contributed by atoms with Crippen LogP contribution in [0.1, 0.15) is 11.3 Å². The molecule has 0 aliphatic carbocycles. The second kappa shape index (κ2) is 3.73. The number of rotatable bonds is 1. The SMILES string of the molecule is Cc1cc(-c2ccc(N)c(C)c2)ccn1. The Bertz CT molecular complexity index is 490. The van der Waals surface area contributed by atoms with E-state index in [2.05, 4.69) is 17.1 Å². The van der Waals surface area contributed by atoms with Gasteiger partial charge in [0.25, 0.3) is 0 Å². The summed E-state index contributed by atoms with van der Waals surface area (Å²) in [6, 6.07) is 10.2. The Morgan fingerprint density at radius 1 is 1.00 bits per heavy atom. The quantitative estimate of drug-likeness (QED) is 0.715. The molecule has 0 radical (unpaired) electrons. The van der Waals surface area contributed by atoms with Crippen LogP contribution in [0.15, 0.2) is 36.5 Å². The van der Waals surface area contributed by atoms with Crippen molar-refractivity contribution in [2.45, 2.75) is 13.8 Å². The Morgan fingerprint density at radius 3 is 2.40 bits per heavy atom. The van der Waals surface area contributed by atoms with Crippen LogP contribution in [0, 0.1) is 13.8 Å². The van der Waals surface area contributed by atoms with E-state index in [1.54, 1.807) is 0 Å². The minimum absolute atomic E-state index is 0.838. The van der Waals surface area contributed by atoms with E-state index in [0.717, 1.165) is 16.9 Å². The lowest BCUT2D eigenvalue weighted by Gasteiger charge is -2.05. The topological polar surface area (TPSA) is 38.9 Å². The van der Waals surface area contributed by atoms with Crippen LogP contribution in [-0.2, 0) is 0 Å². The van der Waals surface area contributed by atoms with E-state index < -0.39 is 0 Å². The van der Waals surface area contributed by atoms with Gasteiger partial charge in [-0.05, 0) is 54.8 Å². The molecule has 0 aliphatic heterocycles. The highest BCUT2D eigenvalue weighted by molar-refractivity contribution is 5.67. The van der Waals surface area contributed by atoms with E-state index in [1.807, 2.05) is 38.2 Å². The molecule has 2 N–H and O–H groups in total. The van der Waals surface area contributed by atoms with Gasteiger partial charge in [-0.25, -0.2) is 0 Å². The lowest BCUT2D eigenvalue weighted by molar-refractivity contribution is 1.20. The second-order valence-electron chi connectivity index (χ2n) is 3.76. The number of aromatic nitrogens is 1. The summed E-state index contributed by atoms with van der Waals surface area (Å²) >= 11 is 0. The molecule has 1 aromatic carbocycles. The molecule has 0 amide bonds. The summed E-state index contributed by atoms with van der Waals surface area (Å²) in [6.07, 6.45) is 1.83. The molecule has 2 heteroatoms. The van der Waals surface area contributed by atoms with E-state index >= 15 is 0 Å². The molecule has 1 aromatic heterocycles. The number of nitrogens with two attached hydrogens (primary N) is 1. The number of aryl methyl sites for hydroxylation is 2. The summed E-state index contributed by atoms with van der Waals surface area (Å²) in [4.78, 5) is 4.18. The second-order valence-corrected chi connectivity index (χ2v) is 3.76. The summed E-state index contributed by atoms with van der Waals surface area (Å²) in [5.41, 5.74) is 11.1. The van der Waals surface area contributed by atoms with Crippen LogP contribution >= 0.6 is 0 Å². The Kier molecular flexibility index (Phi) is 2.42. The maximum atomic E-state index is 5.78. The smallest absolute Gasteiger partial charge is 0.0378 e. The highest BCUT2D eigenvalue weighted by atomic mass is 14.6.